The average molecular weight is 318 g/mol. The molecule has 0 spiro atoms. The van der Waals surface area contributed by atoms with Crippen molar-refractivity contribution in [3.8, 4) is 11.1 Å². The topological polar surface area (TPSA) is 37.3 Å². The lowest BCUT2D eigenvalue weighted by Crippen LogP contribution is -2.22. The van der Waals surface area contributed by atoms with E-state index in [-0.39, 0.29) is 17.6 Å². The lowest BCUT2D eigenvalue weighted by Gasteiger charge is -2.24. The molecule has 1 N–H and O–H groups in total. The molecule has 0 saturated heterocycles. The highest BCUT2D eigenvalue weighted by molar-refractivity contribution is 6.24. The maximum absolute atomic E-state index is 12.8. The highest BCUT2D eigenvalue weighted by Gasteiger charge is 2.41. The smallest absolute Gasteiger partial charge is 0.169 e. The molecule has 2 aliphatic rings. The molecule has 0 heterocycles. The van der Waals surface area contributed by atoms with E-state index < -0.39 is 0 Å². The summed E-state index contributed by atoms with van der Waals surface area (Å²) in [5, 5.41) is 10.7. The summed E-state index contributed by atoms with van der Waals surface area (Å²) in [6, 6.07) is 14.5. The van der Waals surface area contributed by atoms with Gasteiger partial charge in [0, 0.05) is 11.8 Å². The molecule has 2 heteroatoms. The number of hydrogen-bond donors (Lipinski definition) is 1. The van der Waals surface area contributed by atoms with Gasteiger partial charge in [0.1, 0.15) is 5.76 Å². The maximum Gasteiger partial charge on any atom is 0.169 e. The van der Waals surface area contributed by atoms with Gasteiger partial charge in [-0.25, -0.2) is 0 Å². The zero-order valence-corrected chi connectivity index (χ0v) is 14.2. The minimum Gasteiger partial charge on any atom is -0.511 e. The van der Waals surface area contributed by atoms with E-state index in [0.29, 0.717) is 11.3 Å². The number of fused-ring (bicyclic) bond motifs is 2. The molecular formula is C22H22O2. The van der Waals surface area contributed by atoms with Gasteiger partial charge in [-0.15, -0.1) is 0 Å². The number of aliphatic hydroxyl groups is 1. The Labute approximate surface area is 142 Å². The molecule has 4 rings (SSSR count). The summed E-state index contributed by atoms with van der Waals surface area (Å²) in [6.07, 6.45) is 2.68. The molecule has 0 radical (unpaired) electrons. The standard InChI is InChI=1S/C22H22O2/c1-13-10-18(15-6-4-3-5-7-15)11-14(2)19(13)20-21(23)16-8-9-17(12-16)22(20)24/h3-7,10-11,16-17,23H,8-9,12H2,1-2H3/t16-,17+/m1/s1. The van der Waals surface area contributed by atoms with Crippen LogP contribution < -0.4 is 0 Å². The van der Waals surface area contributed by atoms with Crippen LogP contribution in [-0.4, -0.2) is 10.9 Å². The average Bonchev–Trinajstić information content (AvgIpc) is 3.03. The number of carbonyl (C=O) groups excluding carboxylic acids is 1. The first-order valence-corrected chi connectivity index (χ1v) is 8.70. The molecule has 0 aliphatic heterocycles. The van der Waals surface area contributed by atoms with Gasteiger partial charge in [0.25, 0.3) is 0 Å². The molecule has 0 aromatic heterocycles. The van der Waals surface area contributed by atoms with Gasteiger partial charge in [-0.3, -0.25) is 4.79 Å². The van der Waals surface area contributed by atoms with E-state index >= 15 is 0 Å². The predicted molar refractivity (Wildman–Crippen MR) is 96.7 cm³/mol. The fourth-order valence-corrected chi connectivity index (χ4v) is 4.41. The third-order valence-electron chi connectivity index (χ3n) is 5.58. The summed E-state index contributed by atoms with van der Waals surface area (Å²) in [4.78, 5) is 12.8. The zero-order valence-electron chi connectivity index (χ0n) is 14.2. The van der Waals surface area contributed by atoms with Crippen LogP contribution in [0.1, 0.15) is 36.0 Å². The van der Waals surface area contributed by atoms with Crippen LogP contribution in [0.4, 0.5) is 0 Å². The normalized spacial score (nSPS) is 23.0. The van der Waals surface area contributed by atoms with E-state index in [9.17, 15) is 9.90 Å². The second-order valence-electron chi connectivity index (χ2n) is 7.18. The first-order chi connectivity index (χ1) is 11.6. The minimum absolute atomic E-state index is 0.105. The first kappa shape index (κ1) is 15.2. The summed E-state index contributed by atoms with van der Waals surface area (Å²) in [5.41, 5.74) is 5.97. The zero-order chi connectivity index (χ0) is 16.8. The third kappa shape index (κ3) is 2.29. The highest BCUT2D eigenvalue weighted by Crippen LogP contribution is 2.46. The van der Waals surface area contributed by atoms with Crippen molar-refractivity contribution in [1.82, 2.24) is 0 Å². The number of rotatable bonds is 2. The maximum atomic E-state index is 12.8. The lowest BCUT2D eigenvalue weighted by atomic mass is 9.80. The quantitative estimate of drug-likeness (QED) is 0.822. The molecule has 1 saturated carbocycles. The molecule has 122 valence electrons. The Morgan fingerprint density at radius 2 is 1.54 bits per heavy atom. The van der Waals surface area contributed by atoms with Crippen molar-refractivity contribution in [3.63, 3.8) is 0 Å². The number of benzene rings is 2. The van der Waals surface area contributed by atoms with E-state index in [1.165, 1.54) is 5.56 Å². The fraction of sp³-hybridized carbons (Fsp3) is 0.318. The summed E-state index contributed by atoms with van der Waals surface area (Å²) >= 11 is 0. The number of carbonyl (C=O) groups is 1. The van der Waals surface area contributed by atoms with Crippen molar-refractivity contribution in [2.24, 2.45) is 11.8 Å². The number of aryl methyl sites for hydroxylation is 2. The van der Waals surface area contributed by atoms with Crippen molar-refractivity contribution >= 4 is 11.4 Å². The van der Waals surface area contributed by atoms with Crippen LogP contribution in [0.25, 0.3) is 16.7 Å². The Bertz CT molecular complexity index is 823. The van der Waals surface area contributed by atoms with Crippen LogP contribution in [0.2, 0.25) is 0 Å². The van der Waals surface area contributed by atoms with Crippen LogP contribution in [0.3, 0.4) is 0 Å². The second-order valence-corrected chi connectivity index (χ2v) is 7.18. The lowest BCUT2D eigenvalue weighted by molar-refractivity contribution is -0.117. The number of ketones is 1. The Hall–Kier alpha value is -2.35. The molecule has 24 heavy (non-hydrogen) atoms. The Morgan fingerprint density at radius 3 is 2.21 bits per heavy atom. The van der Waals surface area contributed by atoms with Crippen LogP contribution in [-0.2, 0) is 4.79 Å². The van der Waals surface area contributed by atoms with Gasteiger partial charge in [0.2, 0.25) is 0 Å². The van der Waals surface area contributed by atoms with E-state index in [4.69, 9.17) is 0 Å². The van der Waals surface area contributed by atoms with E-state index in [1.54, 1.807) is 0 Å². The number of hydrogen-bond acceptors (Lipinski definition) is 2. The minimum atomic E-state index is 0.105. The van der Waals surface area contributed by atoms with Gasteiger partial charge in [-0.1, -0.05) is 42.5 Å². The van der Waals surface area contributed by atoms with Crippen molar-refractivity contribution in [2.45, 2.75) is 33.1 Å². The van der Waals surface area contributed by atoms with Gasteiger partial charge in [0.05, 0.1) is 5.57 Å². The van der Waals surface area contributed by atoms with Crippen molar-refractivity contribution in [2.75, 3.05) is 0 Å². The monoisotopic (exact) mass is 318 g/mol. The molecular weight excluding hydrogens is 296 g/mol. The molecule has 2 bridgehead atoms. The van der Waals surface area contributed by atoms with Gasteiger partial charge >= 0.3 is 0 Å². The first-order valence-electron chi connectivity index (χ1n) is 8.70. The third-order valence-corrected chi connectivity index (χ3v) is 5.58. The van der Waals surface area contributed by atoms with Crippen molar-refractivity contribution < 1.29 is 9.90 Å². The molecule has 1 fully saturated rings. The van der Waals surface area contributed by atoms with Crippen LogP contribution in [0.15, 0.2) is 48.2 Å². The van der Waals surface area contributed by atoms with E-state index in [2.05, 4.69) is 24.3 Å². The Kier molecular flexibility index (Phi) is 3.56. The molecule has 2 atom stereocenters. The summed E-state index contributed by atoms with van der Waals surface area (Å²) < 4.78 is 0. The molecule has 2 aliphatic carbocycles. The number of aliphatic hydroxyl groups excluding tert-OH is 1. The van der Waals surface area contributed by atoms with Crippen molar-refractivity contribution in [1.29, 1.82) is 0 Å². The molecule has 0 unspecified atom stereocenters. The predicted octanol–water partition coefficient (Wildman–Crippen LogP) is 5.24. The Morgan fingerprint density at radius 1 is 0.917 bits per heavy atom. The fourth-order valence-electron chi connectivity index (χ4n) is 4.41. The SMILES string of the molecule is Cc1cc(-c2ccccc2)cc(C)c1C1=C(O)[C@@H]2CC[C@@H](C2)C1=O. The second kappa shape index (κ2) is 5.62. The summed E-state index contributed by atoms with van der Waals surface area (Å²) in [5.74, 6) is 0.746. The highest BCUT2D eigenvalue weighted by atomic mass is 16.3. The van der Waals surface area contributed by atoms with Gasteiger partial charge in [-0.05, 0) is 60.9 Å². The van der Waals surface area contributed by atoms with Gasteiger partial charge in [0.15, 0.2) is 5.78 Å². The molecule has 2 aromatic rings. The largest absolute Gasteiger partial charge is 0.511 e. The van der Waals surface area contributed by atoms with Crippen LogP contribution in [0.5, 0.6) is 0 Å². The van der Waals surface area contributed by atoms with E-state index in [0.717, 1.165) is 41.5 Å². The van der Waals surface area contributed by atoms with Crippen LogP contribution >= 0.6 is 0 Å². The van der Waals surface area contributed by atoms with Gasteiger partial charge < -0.3 is 5.11 Å². The molecule has 2 nitrogen and oxygen atoms in total. The van der Waals surface area contributed by atoms with E-state index in [1.807, 2.05) is 32.0 Å². The summed E-state index contributed by atoms with van der Waals surface area (Å²) in [7, 11) is 0. The number of Topliss-reactive ketones (excluding diaryl/α,β-unsaturated/α-hetero) is 1. The molecule has 0 amide bonds. The Balaban J connectivity index is 1.85. The summed E-state index contributed by atoms with van der Waals surface area (Å²) in [6.45, 7) is 4.08. The van der Waals surface area contributed by atoms with Gasteiger partial charge in [-0.2, -0.15) is 0 Å². The van der Waals surface area contributed by atoms with Crippen molar-refractivity contribution in [3.05, 3.63) is 64.9 Å². The molecule has 2 aromatic carbocycles. The van der Waals surface area contributed by atoms with Crippen LogP contribution in [0, 0.1) is 25.7 Å². The number of allylic oxidation sites excluding steroid dienone is 2.